The molecule has 0 aromatic heterocycles. The standard InChI is InChI=1S/C54H58O9/c1-39-47(55-33-41-21-9-3-10-22-41)49(57-35-43-25-13-5-14-26-43)51(59-37-45-29-17-7-18-30-45)53(61-39)63-54-52(60-38-46-31-19-8-20-32-46)50(58-36-44-27-15-6-16-28-44)48(40(2)62-54)56-34-42-23-11-4-12-24-42/h3-32,39-40,47-54H,33-38H2,1-2H3/t39-,40-,47+,48+,49+,50+,51-,52-,53-,54-/m0/s1. The summed E-state index contributed by atoms with van der Waals surface area (Å²) in [6.45, 7) is 5.95. The van der Waals surface area contributed by atoms with Crippen LogP contribution in [-0.2, 0) is 82.3 Å². The maximum Gasteiger partial charge on any atom is 0.189 e. The third-order valence-corrected chi connectivity index (χ3v) is 11.4. The van der Waals surface area contributed by atoms with Gasteiger partial charge in [0.1, 0.15) is 36.6 Å². The van der Waals surface area contributed by atoms with E-state index >= 15 is 0 Å². The number of ether oxygens (including phenoxy) is 9. The summed E-state index contributed by atoms with van der Waals surface area (Å²) in [5.41, 5.74) is 6.13. The van der Waals surface area contributed by atoms with Crippen LogP contribution in [0.4, 0.5) is 0 Å². The lowest BCUT2D eigenvalue weighted by atomic mass is 9.97. The molecule has 6 aromatic rings. The van der Waals surface area contributed by atoms with E-state index in [-0.39, 0.29) is 13.2 Å². The Balaban J connectivity index is 1.12. The highest BCUT2D eigenvalue weighted by Crippen LogP contribution is 2.36. The summed E-state index contributed by atoms with van der Waals surface area (Å²) >= 11 is 0. The molecule has 6 aromatic carbocycles. The van der Waals surface area contributed by atoms with E-state index < -0.39 is 61.4 Å². The van der Waals surface area contributed by atoms with E-state index in [1.54, 1.807) is 0 Å². The van der Waals surface area contributed by atoms with Gasteiger partial charge in [0, 0.05) is 0 Å². The van der Waals surface area contributed by atoms with Crippen LogP contribution in [0.3, 0.4) is 0 Å². The van der Waals surface area contributed by atoms with Crippen LogP contribution in [-0.4, -0.2) is 61.4 Å². The van der Waals surface area contributed by atoms with Gasteiger partial charge in [0.05, 0.1) is 51.8 Å². The van der Waals surface area contributed by atoms with Crippen LogP contribution in [0.25, 0.3) is 0 Å². The second kappa shape index (κ2) is 23.1. The van der Waals surface area contributed by atoms with E-state index in [1.807, 2.05) is 196 Å². The van der Waals surface area contributed by atoms with Crippen LogP contribution < -0.4 is 0 Å². The summed E-state index contributed by atoms with van der Waals surface area (Å²) in [5.74, 6) is 0. The molecule has 9 nitrogen and oxygen atoms in total. The summed E-state index contributed by atoms with van der Waals surface area (Å²) in [6, 6.07) is 60.6. The Bertz CT molecular complexity index is 2010. The minimum Gasteiger partial charge on any atom is -0.368 e. The van der Waals surface area contributed by atoms with Gasteiger partial charge < -0.3 is 42.6 Å². The Kier molecular flexibility index (Phi) is 16.3. The molecule has 0 radical (unpaired) electrons. The van der Waals surface area contributed by atoms with Crippen molar-refractivity contribution in [2.24, 2.45) is 0 Å². The predicted octanol–water partition coefficient (Wildman–Crippen LogP) is 10.0. The lowest BCUT2D eigenvalue weighted by molar-refractivity contribution is -0.388. The zero-order valence-corrected chi connectivity index (χ0v) is 36.0. The van der Waals surface area contributed by atoms with Gasteiger partial charge in [-0.2, -0.15) is 0 Å². The van der Waals surface area contributed by atoms with Gasteiger partial charge in [-0.3, -0.25) is 0 Å². The molecule has 9 heteroatoms. The van der Waals surface area contributed by atoms with Crippen molar-refractivity contribution in [3.63, 3.8) is 0 Å². The Hall–Kier alpha value is -5.04. The van der Waals surface area contributed by atoms with Crippen molar-refractivity contribution in [2.45, 2.75) is 115 Å². The van der Waals surface area contributed by atoms with E-state index in [0.29, 0.717) is 26.4 Å². The second-order valence-electron chi connectivity index (χ2n) is 16.1. The molecule has 0 amide bonds. The fourth-order valence-electron chi connectivity index (χ4n) is 8.09. The van der Waals surface area contributed by atoms with Crippen LogP contribution in [0.1, 0.15) is 47.2 Å². The number of hydrogen-bond donors (Lipinski definition) is 0. The van der Waals surface area contributed by atoms with E-state index in [1.165, 1.54) is 0 Å². The zero-order valence-electron chi connectivity index (χ0n) is 36.0. The van der Waals surface area contributed by atoms with E-state index in [0.717, 1.165) is 33.4 Å². The average molecular weight is 851 g/mol. The van der Waals surface area contributed by atoms with Crippen molar-refractivity contribution >= 4 is 0 Å². The van der Waals surface area contributed by atoms with Crippen molar-refractivity contribution < 1.29 is 42.6 Å². The Morgan fingerprint density at radius 2 is 0.492 bits per heavy atom. The zero-order chi connectivity index (χ0) is 43.1. The second-order valence-corrected chi connectivity index (χ2v) is 16.1. The Labute approximate surface area is 371 Å². The van der Waals surface area contributed by atoms with Crippen molar-refractivity contribution in [3.8, 4) is 0 Å². The molecule has 0 spiro atoms. The molecule has 0 aliphatic carbocycles. The van der Waals surface area contributed by atoms with Crippen LogP contribution in [0.5, 0.6) is 0 Å². The quantitative estimate of drug-likeness (QED) is 0.0746. The molecule has 2 aliphatic rings. The first kappa shape index (κ1) is 44.6. The van der Waals surface area contributed by atoms with Gasteiger partial charge in [-0.15, -0.1) is 0 Å². The Morgan fingerprint density at radius 1 is 0.286 bits per heavy atom. The molecule has 63 heavy (non-hydrogen) atoms. The van der Waals surface area contributed by atoms with Crippen LogP contribution in [0.15, 0.2) is 182 Å². The van der Waals surface area contributed by atoms with Gasteiger partial charge in [-0.1, -0.05) is 182 Å². The molecule has 0 unspecified atom stereocenters. The lowest BCUT2D eigenvalue weighted by Gasteiger charge is -2.49. The maximum atomic E-state index is 7.10. The maximum absolute atomic E-state index is 7.10. The highest BCUT2D eigenvalue weighted by Gasteiger charge is 2.53. The molecule has 10 atom stereocenters. The Morgan fingerprint density at radius 3 is 0.730 bits per heavy atom. The van der Waals surface area contributed by atoms with Crippen LogP contribution in [0.2, 0.25) is 0 Å². The smallest absolute Gasteiger partial charge is 0.189 e. The first-order chi connectivity index (χ1) is 31.1. The molecule has 0 N–H and O–H groups in total. The van der Waals surface area contributed by atoms with Gasteiger partial charge in [0.25, 0.3) is 0 Å². The monoisotopic (exact) mass is 850 g/mol. The van der Waals surface area contributed by atoms with Gasteiger partial charge in [-0.25, -0.2) is 0 Å². The lowest BCUT2D eigenvalue weighted by Crippen LogP contribution is -2.64. The predicted molar refractivity (Wildman–Crippen MR) is 240 cm³/mol. The molecular formula is C54H58O9. The van der Waals surface area contributed by atoms with E-state index in [4.69, 9.17) is 42.6 Å². The molecule has 0 bridgehead atoms. The number of rotatable bonds is 20. The van der Waals surface area contributed by atoms with Crippen molar-refractivity contribution in [1.82, 2.24) is 0 Å². The van der Waals surface area contributed by atoms with Crippen molar-refractivity contribution in [1.29, 1.82) is 0 Å². The van der Waals surface area contributed by atoms with Gasteiger partial charge in [0.15, 0.2) is 12.6 Å². The third-order valence-electron chi connectivity index (χ3n) is 11.4. The topological polar surface area (TPSA) is 83.1 Å². The first-order valence-electron chi connectivity index (χ1n) is 22.0. The minimum absolute atomic E-state index is 0.286. The fourth-order valence-corrected chi connectivity index (χ4v) is 8.09. The molecule has 2 saturated heterocycles. The molecule has 2 aliphatic heterocycles. The number of benzene rings is 6. The summed E-state index contributed by atoms with van der Waals surface area (Å²) in [6.07, 6.45) is -6.60. The fraction of sp³-hybridized carbons (Fsp3) is 0.333. The summed E-state index contributed by atoms with van der Waals surface area (Å²) in [7, 11) is 0. The van der Waals surface area contributed by atoms with Crippen molar-refractivity contribution in [3.05, 3.63) is 215 Å². The van der Waals surface area contributed by atoms with Gasteiger partial charge >= 0.3 is 0 Å². The summed E-state index contributed by atoms with van der Waals surface area (Å²) < 4.78 is 61.8. The largest absolute Gasteiger partial charge is 0.368 e. The molecule has 8 rings (SSSR count). The normalized spacial score (nSPS) is 26.0. The molecule has 328 valence electrons. The molecule has 2 fully saturated rings. The highest BCUT2D eigenvalue weighted by atomic mass is 16.8. The first-order valence-corrected chi connectivity index (χ1v) is 22.0. The summed E-state index contributed by atoms with van der Waals surface area (Å²) in [5, 5.41) is 0. The van der Waals surface area contributed by atoms with Gasteiger partial charge in [-0.05, 0) is 47.2 Å². The highest BCUT2D eigenvalue weighted by molar-refractivity contribution is 5.18. The van der Waals surface area contributed by atoms with Crippen LogP contribution in [0, 0.1) is 0 Å². The molecule has 0 saturated carbocycles. The molecule has 2 heterocycles. The minimum atomic E-state index is -0.961. The average Bonchev–Trinajstić information content (AvgIpc) is 3.33. The SMILES string of the molecule is C[C@@H]1O[C@@H](O[C@@H]2O[C@@H](C)[C@@H](OCc3ccccc3)[C@@H](OCc3ccccc3)[C@@H]2OCc2ccccc2)[C@@H](OCc2ccccc2)[C@H](OCc2ccccc2)[C@@H]1OCc1ccccc1. The van der Waals surface area contributed by atoms with Crippen molar-refractivity contribution in [2.75, 3.05) is 0 Å². The third kappa shape index (κ3) is 12.6. The molecular weight excluding hydrogens is 793 g/mol. The number of hydrogen-bond acceptors (Lipinski definition) is 9. The van der Waals surface area contributed by atoms with E-state index in [9.17, 15) is 0 Å². The summed E-state index contributed by atoms with van der Waals surface area (Å²) in [4.78, 5) is 0. The van der Waals surface area contributed by atoms with E-state index in [2.05, 4.69) is 0 Å². The van der Waals surface area contributed by atoms with Gasteiger partial charge in [0.2, 0.25) is 0 Å². The van der Waals surface area contributed by atoms with Crippen LogP contribution >= 0.6 is 0 Å².